The second kappa shape index (κ2) is 5.75. The van der Waals surface area contributed by atoms with Crippen LogP contribution in [0.25, 0.3) is 0 Å². The Hall–Kier alpha value is -1.02. The Morgan fingerprint density at radius 1 is 1.28 bits per heavy atom. The molecule has 1 aliphatic heterocycles. The predicted molar refractivity (Wildman–Crippen MR) is 76.3 cm³/mol. The first-order valence-electron chi connectivity index (χ1n) is 7.04. The minimum Gasteiger partial charge on any atom is -0.493 e. The summed E-state index contributed by atoms with van der Waals surface area (Å²) in [5.41, 5.74) is 3.06. The van der Waals surface area contributed by atoms with Crippen LogP contribution in [-0.2, 0) is 12.8 Å². The molecule has 0 spiro atoms. The average molecular weight is 247 g/mol. The molecule has 1 N–H and O–H groups in total. The maximum atomic E-state index is 5.64. The molecule has 0 saturated carbocycles. The lowest BCUT2D eigenvalue weighted by Gasteiger charge is -2.21. The van der Waals surface area contributed by atoms with Crippen LogP contribution in [0.1, 0.15) is 44.7 Å². The summed E-state index contributed by atoms with van der Waals surface area (Å²) >= 11 is 0. The normalized spacial score (nSPS) is 15.1. The van der Waals surface area contributed by atoms with E-state index in [0.29, 0.717) is 0 Å². The van der Waals surface area contributed by atoms with Crippen molar-refractivity contribution in [3.05, 3.63) is 29.3 Å². The number of nitrogens with one attached hydrogen (secondary N) is 1. The van der Waals surface area contributed by atoms with Crippen molar-refractivity contribution in [1.29, 1.82) is 0 Å². The quantitative estimate of drug-likeness (QED) is 0.824. The molecule has 100 valence electrons. The van der Waals surface area contributed by atoms with Crippen LogP contribution in [0.5, 0.6) is 5.75 Å². The van der Waals surface area contributed by atoms with Crippen LogP contribution in [0, 0.1) is 0 Å². The van der Waals surface area contributed by atoms with E-state index in [2.05, 4.69) is 44.3 Å². The lowest BCUT2D eigenvalue weighted by Crippen LogP contribution is -2.36. The van der Waals surface area contributed by atoms with Crippen LogP contribution in [-0.4, -0.2) is 18.7 Å². The number of benzene rings is 1. The fourth-order valence-electron chi connectivity index (χ4n) is 2.33. The molecule has 0 saturated heterocycles. The highest BCUT2D eigenvalue weighted by Crippen LogP contribution is 2.25. The van der Waals surface area contributed by atoms with Crippen molar-refractivity contribution in [1.82, 2.24) is 5.32 Å². The first-order chi connectivity index (χ1) is 8.54. The Labute approximate surface area is 111 Å². The lowest BCUT2D eigenvalue weighted by atomic mass is 10.0. The first-order valence-corrected chi connectivity index (χ1v) is 7.04. The van der Waals surface area contributed by atoms with E-state index in [4.69, 9.17) is 4.74 Å². The smallest absolute Gasteiger partial charge is 0.122 e. The Kier molecular flexibility index (Phi) is 4.28. The van der Waals surface area contributed by atoms with E-state index in [9.17, 15) is 0 Å². The fourth-order valence-corrected chi connectivity index (χ4v) is 2.33. The second-order valence-electron chi connectivity index (χ2n) is 6.17. The molecule has 2 rings (SSSR count). The molecule has 2 nitrogen and oxygen atoms in total. The second-order valence-corrected chi connectivity index (χ2v) is 6.17. The molecule has 2 heteroatoms. The zero-order valence-corrected chi connectivity index (χ0v) is 11.9. The van der Waals surface area contributed by atoms with Gasteiger partial charge >= 0.3 is 0 Å². The third-order valence-electron chi connectivity index (χ3n) is 3.27. The molecule has 0 bridgehead atoms. The van der Waals surface area contributed by atoms with Gasteiger partial charge < -0.3 is 10.1 Å². The molecule has 0 unspecified atom stereocenters. The summed E-state index contributed by atoms with van der Waals surface area (Å²) in [7, 11) is 0. The summed E-state index contributed by atoms with van der Waals surface area (Å²) in [6.45, 7) is 8.59. The van der Waals surface area contributed by atoms with E-state index in [1.165, 1.54) is 24.0 Å². The first kappa shape index (κ1) is 13.4. The molecule has 0 aliphatic carbocycles. The molecule has 1 aromatic rings. The number of ether oxygens (including phenoxy) is 1. The van der Waals surface area contributed by atoms with Gasteiger partial charge in [-0.3, -0.25) is 0 Å². The molecule has 0 amide bonds. The summed E-state index contributed by atoms with van der Waals surface area (Å²) in [5.74, 6) is 1.10. The van der Waals surface area contributed by atoms with Crippen LogP contribution in [0.3, 0.4) is 0 Å². The van der Waals surface area contributed by atoms with E-state index in [1.54, 1.807) is 0 Å². The van der Waals surface area contributed by atoms with E-state index in [0.717, 1.165) is 31.7 Å². The molecule has 1 aromatic carbocycles. The van der Waals surface area contributed by atoms with Gasteiger partial charge in [-0.1, -0.05) is 12.1 Å². The zero-order chi connectivity index (χ0) is 13.0. The van der Waals surface area contributed by atoms with Gasteiger partial charge in [-0.25, -0.2) is 0 Å². The maximum absolute atomic E-state index is 5.64. The Balaban J connectivity index is 1.83. The molecule has 1 heterocycles. The standard InChI is InChI=1S/C16H25NO/c1-16(2,3)17-10-4-6-13-8-9-15-14(12-13)7-5-11-18-15/h8-9,12,17H,4-7,10-11H2,1-3H3. The van der Waals surface area contributed by atoms with Crippen LogP contribution < -0.4 is 10.1 Å². The van der Waals surface area contributed by atoms with Crippen molar-refractivity contribution in [2.24, 2.45) is 0 Å². The van der Waals surface area contributed by atoms with E-state index in [1.807, 2.05) is 0 Å². The summed E-state index contributed by atoms with van der Waals surface area (Å²) in [4.78, 5) is 0. The van der Waals surface area contributed by atoms with Crippen LogP contribution in [0.15, 0.2) is 18.2 Å². The third kappa shape index (κ3) is 4.02. The van der Waals surface area contributed by atoms with Gasteiger partial charge in [0.15, 0.2) is 0 Å². The Bertz CT molecular complexity index is 393. The number of rotatable bonds is 4. The van der Waals surface area contributed by atoms with Crippen molar-refractivity contribution in [3.63, 3.8) is 0 Å². The highest BCUT2D eigenvalue weighted by Gasteiger charge is 2.11. The van der Waals surface area contributed by atoms with Crippen LogP contribution >= 0.6 is 0 Å². The molecular weight excluding hydrogens is 222 g/mol. The zero-order valence-electron chi connectivity index (χ0n) is 11.9. The molecule has 18 heavy (non-hydrogen) atoms. The minimum atomic E-state index is 0.226. The van der Waals surface area contributed by atoms with E-state index < -0.39 is 0 Å². The molecule has 0 fully saturated rings. The molecule has 0 radical (unpaired) electrons. The highest BCUT2D eigenvalue weighted by molar-refractivity contribution is 5.38. The van der Waals surface area contributed by atoms with Gasteiger partial charge in [0.1, 0.15) is 5.75 Å². The van der Waals surface area contributed by atoms with Crippen LogP contribution in [0.2, 0.25) is 0 Å². The largest absolute Gasteiger partial charge is 0.493 e. The minimum absolute atomic E-state index is 0.226. The Morgan fingerprint density at radius 2 is 2.11 bits per heavy atom. The van der Waals surface area contributed by atoms with Gasteiger partial charge in [0.2, 0.25) is 0 Å². The van der Waals surface area contributed by atoms with Crippen molar-refractivity contribution < 1.29 is 4.74 Å². The number of hydrogen-bond acceptors (Lipinski definition) is 2. The van der Waals surface area contributed by atoms with Gasteiger partial charge in [-0.2, -0.15) is 0 Å². The summed E-state index contributed by atoms with van der Waals surface area (Å²) < 4.78 is 5.64. The fraction of sp³-hybridized carbons (Fsp3) is 0.625. The maximum Gasteiger partial charge on any atom is 0.122 e. The van der Waals surface area contributed by atoms with E-state index >= 15 is 0 Å². The van der Waals surface area contributed by atoms with Crippen molar-refractivity contribution in [2.75, 3.05) is 13.2 Å². The van der Waals surface area contributed by atoms with Gasteiger partial charge in [-0.15, -0.1) is 0 Å². The lowest BCUT2D eigenvalue weighted by molar-refractivity contribution is 0.288. The van der Waals surface area contributed by atoms with Crippen molar-refractivity contribution >= 4 is 0 Å². The van der Waals surface area contributed by atoms with E-state index in [-0.39, 0.29) is 5.54 Å². The third-order valence-corrected chi connectivity index (χ3v) is 3.27. The monoisotopic (exact) mass is 247 g/mol. The van der Waals surface area contributed by atoms with Gasteiger partial charge in [0, 0.05) is 5.54 Å². The summed E-state index contributed by atoms with van der Waals surface area (Å²) in [6, 6.07) is 6.67. The molecule has 0 atom stereocenters. The van der Waals surface area contributed by atoms with Crippen molar-refractivity contribution in [2.45, 2.75) is 52.0 Å². The predicted octanol–water partition coefficient (Wildman–Crippen LogP) is 3.33. The van der Waals surface area contributed by atoms with Crippen LogP contribution in [0.4, 0.5) is 0 Å². The number of hydrogen-bond donors (Lipinski definition) is 1. The SMILES string of the molecule is CC(C)(C)NCCCc1ccc2c(c1)CCCO2. The topological polar surface area (TPSA) is 21.3 Å². The highest BCUT2D eigenvalue weighted by atomic mass is 16.5. The van der Waals surface area contributed by atoms with Gasteiger partial charge in [-0.05, 0) is 70.2 Å². The number of aryl methyl sites for hydroxylation is 2. The molecule has 1 aliphatic rings. The summed E-state index contributed by atoms with van der Waals surface area (Å²) in [6.07, 6.45) is 4.67. The van der Waals surface area contributed by atoms with Gasteiger partial charge in [0.25, 0.3) is 0 Å². The average Bonchev–Trinajstić information content (AvgIpc) is 2.33. The van der Waals surface area contributed by atoms with Crippen molar-refractivity contribution in [3.8, 4) is 5.75 Å². The Morgan fingerprint density at radius 3 is 2.89 bits per heavy atom. The van der Waals surface area contributed by atoms with Gasteiger partial charge in [0.05, 0.1) is 6.61 Å². The summed E-state index contributed by atoms with van der Waals surface area (Å²) in [5, 5.41) is 3.53. The number of fused-ring (bicyclic) bond motifs is 1. The molecular formula is C16H25NO. The molecule has 0 aromatic heterocycles.